The molecule has 4 nitrogen and oxygen atoms in total. The van der Waals surface area contributed by atoms with Gasteiger partial charge in [-0.2, -0.15) is 0 Å². The second-order valence-electron chi connectivity index (χ2n) is 7.43. The Hall–Kier alpha value is -2.20. The van der Waals surface area contributed by atoms with Crippen LogP contribution in [-0.4, -0.2) is 25.9 Å². The molecule has 0 aliphatic carbocycles. The molecule has 7 heteroatoms. The molecule has 3 N–H and O–H groups in total. The summed E-state index contributed by atoms with van der Waals surface area (Å²) in [6.45, 7) is 10.6. The van der Waals surface area contributed by atoms with Crippen LogP contribution in [0.4, 0.5) is 8.78 Å². The Morgan fingerprint density at radius 3 is 2.36 bits per heavy atom. The largest absolute Gasteiger partial charge is 0.368 e. The lowest BCUT2D eigenvalue weighted by Gasteiger charge is -2.31. The van der Waals surface area contributed by atoms with Crippen molar-refractivity contribution in [2.45, 2.75) is 51.4 Å². The number of hydrogen-bond acceptors (Lipinski definition) is 2. The third-order valence-corrected chi connectivity index (χ3v) is 8.96. The lowest BCUT2D eigenvalue weighted by Crippen LogP contribution is -2.44. The Balaban J connectivity index is 2.89. The predicted octanol–water partition coefficient (Wildman–Crippen LogP) is 2.99. The Bertz CT molecular complexity index is 731. The van der Waals surface area contributed by atoms with E-state index in [2.05, 4.69) is 50.6 Å². The first-order chi connectivity index (χ1) is 11.3. The third kappa shape index (κ3) is 5.68. The van der Waals surface area contributed by atoms with Crippen molar-refractivity contribution < 1.29 is 18.4 Å². The molecule has 1 aromatic carbocycles. The van der Waals surface area contributed by atoms with E-state index in [1.165, 1.54) is 0 Å². The second-order valence-corrected chi connectivity index (χ2v) is 12.4. The van der Waals surface area contributed by atoms with Gasteiger partial charge in [-0.15, -0.1) is 11.5 Å². The van der Waals surface area contributed by atoms with Crippen LogP contribution in [0.15, 0.2) is 18.2 Å². The van der Waals surface area contributed by atoms with Crippen molar-refractivity contribution >= 4 is 19.9 Å². The molecule has 0 radical (unpaired) electrons. The van der Waals surface area contributed by atoms with Crippen molar-refractivity contribution in [2.24, 2.45) is 5.73 Å². The molecule has 0 spiro atoms. The number of halogens is 2. The van der Waals surface area contributed by atoms with Gasteiger partial charge in [0.15, 0.2) is 0 Å². The zero-order valence-electron chi connectivity index (χ0n) is 15.2. The lowest BCUT2D eigenvalue weighted by molar-refractivity contribution is -0.119. The number of amides is 2. The molecule has 0 fully saturated rings. The zero-order valence-corrected chi connectivity index (χ0v) is 16.2. The standard InChI is InChI=1S/C18H24F2N2O2Si/c1-18(2,3)25(4,5)10-6-7-15(16(21)23)22-17(24)13-9-8-12(19)11-14(13)20/h8-9,11,15H,7H2,1-5H3,(H2,21,23)(H,22,24)/t15-/m0/s1. The van der Waals surface area contributed by atoms with E-state index in [9.17, 15) is 18.4 Å². The van der Waals surface area contributed by atoms with Crippen LogP contribution in [-0.2, 0) is 4.79 Å². The van der Waals surface area contributed by atoms with E-state index in [1.54, 1.807) is 0 Å². The monoisotopic (exact) mass is 366 g/mol. The van der Waals surface area contributed by atoms with Gasteiger partial charge in [0.05, 0.1) is 5.56 Å². The van der Waals surface area contributed by atoms with E-state index < -0.39 is 37.6 Å². The van der Waals surface area contributed by atoms with E-state index in [4.69, 9.17) is 5.73 Å². The molecule has 0 saturated carbocycles. The van der Waals surface area contributed by atoms with Crippen molar-refractivity contribution in [3.05, 3.63) is 35.4 Å². The van der Waals surface area contributed by atoms with Gasteiger partial charge in [0, 0.05) is 12.5 Å². The smallest absolute Gasteiger partial charge is 0.254 e. The van der Waals surface area contributed by atoms with E-state index in [0.29, 0.717) is 6.07 Å². The number of nitrogens with one attached hydrogen (secondary N) is 1. The molecule has 1 rings (SSSR count). The minimum absolute atomic E-state index is 0.0381. The number of rotatable bonds is 4. The molecule has 0 bridgehead atoms. The minimum atomic E-state index is -1.85. The van der Waals surface area contributed by atoms with Crippen LogP contribution >= 0.6 is 0 Å². The average Bonchev–Trinajstić information content (AvgIpc) is 2.44. The molecule has 136 valence electrons. The summed E-state index contributed by atoms with van der Waals surface area (Å²) in [5, 5.41) is 2.41. The summed E-state index contributed by atoms with van der Waals surface area (Å²) in [7, 11) is -1.85. The Kier molecular flexibility index (Phi) is 6.49. The minimum Gasteiger partial charge on any atom is -0.368 e. The van der Waals surface area contributed by atoms with Crippen LogP contribution < -0.4 is 11.1 Å². The van der Waals surface area contributed by atoms with Gasteiger partial charge in [-0.1, -0.05) is 33.9 Å². The normalized spacial score (nSPS) is 12.8. The summed E-state index contributed by atoms with van der Waals surface area (Å²) in [4.78, 5) is 23.6. The maximum atomic E-state index is 13.7. The first kappa shape index (κ1) is 20.8. The van der Waals surface area contributed by atoms with Crippen LogP contribution in [0.3, 0.4) is 0 Å². The molecule has 0 heterocycles. The molecule has 1 aromatic rings. The van der Waals surface area contributed by atoms with E-state index in [0.717, 1.165) is 12.1 Å². The number of primary amides is 1. The maximum Gasteiger partial charge on any atom is 0.254 e. The number of carbonyl (C=O) groups is 2. The Morgan fingerprint density at radius 1 is 1.28 bits per heavy atom. The van der Waals surface area contributed by atoms with E-state index >= 15 is 0 Å². The fourth-order valence-corrected chi connectivity index (χ4v) is 2.61. The molecule has 0 aliphatic heterocycles. The summed E-state index contributed by atoms with van der Waals surface area (Å²) in [6, 6.07) is 1.54. The molecule has 0 aromatic heterocycles. The van der Waals surface area contributed by atoms with Crippen molar-refractivity contribution in [3.8, 4) is 11.5 Å². The van der Waals surface area contributed by atoms with Gasteiger partial charge >= 0.3 is 0 Å². The van der Waals surface area contributed by atoms with Crippen molar-refractivity contribution in [1.82, 2.24) is 5.32 Å². The van der Waals surface area contributed by atoms with Crippen LogP contribution in [0.5, 0.6) is 0 Å². The predicted molar refractivity (Wildman–Crippen MR) is 96.4 cm³/mol. The van der Waals surface area contributed by atoms with Crippen molar-refractivity contribution in [3.63, 3.8) is 0 Å². The van der Waals surface area contributed by atoms with Gasteiger partial charge in [0.2, 0.25) is 5.91 Å². The van der Waals surface area contributed by atoms with Gasteiger partial charge in [-0.25, -0.2) is 8.78 Å². The SMILES string of the molecule is CC(C)(C)[Si](C)(C)C#CC[C@H](NC(=O)c1ccc(F)cc1F)C(N)=O. The van der Waals surface area contributed by atoms with Crippen LogP contribution in [0.25, 0.3) is 0 Å². The van der Waals surface area contributed by atoms with Crippen molar-refractivity contribution in [2.75, 3.05) is 0 Å². The number of benzene rings is 1. The fraction of sp³-hybridized carbons (Fsp3) is 0.444. The molecule has 0 aliphatic rings. The first-order valence-electron chi connectivity index (χ1n) is 7.90. The molecule has 0 saturated heterocycles. The fourth-order valence-electron chi connectivity index (χ4n) is 1.69. The summed E-state index contributed by atoms with van der Waals surface area (Å²) in [5.41, 5.74) is 8.16. The van der Waals surface area contributed by atoms with E-state index in [-0.39, 0.29) is 17.0 Å². The highest BCUT2D eigenvalue weighted by Gasteiger charge is 2.33. The van der Waals surface area contributed by atoms with Gasteiger partial charge in [0.1, 0.15) is 25.8 Å². The summed E-state index contributed by atoms with van der Waals surface area (Å²) >= 11 is 0. The van der Waals surface area contributed by atoms with Gasteiger partial charge in [0.25, 0.3) is 5.91 Å². The summed E-state index contributed by atoms with van der Waals surface area (Å²) in [6.07, 6.45) is 0.0381. The van der Waals surface area contributed by atoms with Crippen LogP contribution in [0, 0.1) is 23.1 Å². The average molecular weight is 366 g/mol. The van der Waals surface area contributed by atoms with Gasteiger partial charge < -0.3 is 11.1 Å². The first-order valence-corrected chi connectivity index (χ1v) is 10.9. The quantitative estimate of drug-likeness (QED) is 0.635. The molecule has 0 unspecified atom stereocenters. The van der Waals surface area contributed by atoms with E-state index in [1.807, 2.05) is 0 Å². The topological polar surface area (TPSA) is 72.2 Å². The maximum absolute atomic E-state index is 13.7. The molecule has 2 amide bonds. The number of nitrogens with two attached hydrogens (primary N) is 1. The number of carbonyl (C=O) groups excluding carboxylic acids is 2. The molecular weight excluding hydrogens is 342 g/mol. The van der Waals surface area contributed by atoms with Gasteiger partial charge in [-0.3, -0.25) is 9.59 Å². The molecular formula is C18H24F2N2O2Si. The molecule has 25 heavy (non-hydrogen) atoms. The third-order valence-electron chi connectivity index (χ3n) is 4.41. The highest BCUT2D eigenvalue weighted by molar-refractivity contribution is 6.87. The number of hydrogen-bond donors (Lipinski definition) is 2. The lowest BCUT2D eigenvalue weighted by atomic mass is 10.1. The second kappa shape index (κ2) is 7.79. The van der Waals surface area contributed by atoms with Crippen molar-refractivity contribution in [1.29, 1.82) is 0 Å². The van der Waals surface area contributed by atoms with Crippen LogP contribution in [0.1, 0.15) is 37.6 Å². The summed E-state index contributed by atoms with van der Waals surface area (Å²) in [5.74, 6) is -0.462. The highest BCUT2D eigenvalue weighted by Crippen LogP contribution is 2.35. The summed E-state index contributed by atoms with van der Waals surface area (Å²) < 4.78 is 26.6. The highest BCUT2D eigenvalue weighted by atomic mass is 28.3. The Morgan fingerprint density at radius 2 is 1.88 bits per heavy atom. The van der Waals surface area contributed by atoms with Crippen LogP contribution in [0.2, 0.25) is 18.1 Å². The molecule has 1 atom stereocenters. The zero-order chi connectivity index (χ0) is 19.4. The van der Waals surface area contributed by atoms with Gasteiger partial charge in [-0.05, 0) is 17.2 Å². The Labute approximate surface area is 148 Å².